The molecule has 1 amide bonds. The third-order valence-electron chi connectivity index (χ3n) is 11.1. The summed E-state index contributed by atoms with van der Waals surface area (Å²) in [6.07, 6.45) is 64.6. The molecule has 0 fully saturated rings. The van der Waals surface area contributed by atoms with Crippen molar-refractivity contribution >= 4 is 11.9 Å². The predicted molar refractivity (Wildman–Crippen MR) is 268 cm³/mol. The number of amides is 1. The number of carbonyl (C=O) groups excluding carboxylic acids is 2. The first-order valence-corrected chi connectivity index (χ1v) is 25.6. The molecule has 62 heavy (non-hydrogen) atoms. The summed E-state index contributed by atoms with van der Waals surface area (Å²) in [7, 11) is 0. The zero-order chi connectivity index (χ0) is 45.2. The number of aliphatic hydroxyl groups excluding tert-OH is 2. The zero-order valence-corrected chi connectivity index (χ0v) is 40.2. The van der Waals surface area contributed by atoms with Gasteiger partial charge >= 0.3 is 5.97 Å². The van der Waals surface area contributed by atoms with Crippen LogP contribution in [0.2, 0.25) is 0 Å². The standard InChI is InChI=1S/C56H95NO5/c1-4-7-10-13-16-19-22-25-27-28-30-32-35-38-41-44-47-52(62-56(61)49-46-43-40-37-34-29-24-21-18-15-12-9-6-3)50-55(60)57-53(51-58)54(59)48-45-42-39-36-33-31-26-23-20-17-14-11-8-5-2/h9-10,12-13,15-16,18-19,21-22,24-25,27-28,30,32,52-54,58-59H,4-8,11,14,17,20,23,26,29,31,33-51H2,1-3H3,(H,57,60)/b12-9+,13-10+,18-15+,19-16+,24-21-,25-22+,28-27+,32-30+. The summed E-state index contributed by atoms with van der Waals surface area (Å²) in [5, 5.41) is 23.8. The second-order valence-corrected chi connectivity index (χ2v) is 17.0. The van der Waals surface area contributed by atoms with Gasteiger partial charge in [0.15, 0.2) is 0 Å². The van der Waals surface area contributed by atoms with E-state index in [1.165, 1.54) is 77.0 Å². The van der Waals surface area contributed by atoms with Crippen LogP contribution in [0.15, 0.2) is 97.2 Å². The summed E-state index contributed by atoms with van der Waals surface area (Å²) >= 11 is 0. The maximum absolute atomic E-state index is 13.2. The number of ether oxygens (including phenoxy) is 1. The number of nitrogens with one attached hydrogen (secondary N) is 1. The number of carbonyl (C=O) groups is 2. The Balaban J connectivity index is 4.72. The molecule has 3 atom stereocenters. The molecule has 0 aliphatic heterocycles. The van der Waals surface area contributed by atoms with E-state index in [2.05, 4.69) is 86.8 Å². The molecule has 0 aromatic heterocycles. The van der Waals surface area contributed by atoms with Gasteiger partial charge in [-0.15, -0.1) is 0 Å². The highest BCUT2D eigenvalue weighted by Gasteiger charge is 2.24. The van der Waals surface area contributed by atoms with Gasteiger partial charge < -0.3 is 20.3 Å². The van der Waals surface area contributed by atoms with Crippen LogP contribution in [0.3, 0.4) is 0 Å². The van der Waals surface area contributed by atoms with E-state index >= 15 is 0 Å². The van der Waals surface area contributed by atoms with Crippen LogP contribution in [-0.2, 0) is 14.3 Å². The normalized spacial score (nSPS) is 14.1. The maximum atomic E-state index is 13.2. The van der Waals surface area contributed by atoms with Gasteiger partial charge in [-0.05, 0) is 64.2 Å². The van der Waals surface area contributed by atoms with Gasteiger partial charge in [0.05, 0.1) is 25.2 Å². The summed E-state index contributed by atoms with van der Waals surface area (Å²) in [4.78, 5) is 26.1. The summed E-state index contributed by atoms with van der Waals surface area (Å²) in [6.45, 7) is 6.24. The van der Waals surface area contributed by atoms with Gasteiger partial charge in [-0.1, -0.05) is 240 Å². The van der Waals surface area contributed by atoms with Crippen molar-refractivity contribution in [2.45, 2.75) is 238 Å². The first-order valence-electron chi connectivity index (χ1n) is 25.6. The monoisotopic (exact) mass is 862 g/mol. The number of esters is 1. The summed E-state index contributed by atoms with van der Waals surface area (Å²) < 4.78 is 5.90. The highest BCUT2D eigenvalue weighted by Crippen LogP contribution is 2.17. The molecule has 0 aromatic carbocycles. The quantitative estimate of drug-likeness (QED) is 0.0322. The summed E-state index contributed by atoms with van der Waals surface area (Å²) in [5.41, 5.74) is 0. The predicted octanol–water partition coefficient (Wildman–Crippen LogP) is 15.3. The van der Waals surface area contributed by atoms with E-state index in [9.17, 15) is 19.8 Å². The third kappa shape index (κ3) is 43.4. The van der Waals surface area contributed by atoms with Crippen molar-refractivity contribution in [1.82, 2.24) is 5.32 Å². The van der Waals surface area contributed by atoms with Crippen LogP contribution < -0.4 is 5.32 Å². The Morgan fingerprint density at radius 2 is 0.903 bits per heavy atom. The number of rotatable bonds is 44. The molecule has 0 heterocycles. The molecule has 0 aromatic rings. The first-order chi connectivity index (χ1) is 30.5. The smallest absolute Gasteiger partial charge is 0.306 e. The van der Waals surface area contributed by atoms with Crippen molar-refractivity contribution in [1.29, 1.82) is 0 Å². The molecule has 0 saturated carbocycles. The molecule has 0 radical (unpaired) electrons. The molecular weight excluding hydrogens is 767 g/mol. The lowest BCUT2D eigenvalue weighted by molar-refractivity contribution is -0.151. The van der Waals surface area contributed by atoms with Crippen LogP contribution in [0.1, 0.15) is 220 Å². The minimum atomic E-state index is -0.809. The summed E-state index contributed by atoms with van der Waals surface area (Å²) in [6, 6.07) is -0.726. The molecule has 0 saturated heterocycles. The molecule has 3 N–H and O–H groups in total. The molecule has 354 valence electrons. The number of unbranched alkanes of at least 4 members (excludes halogenated alkanes) is 22. The van der Waals surface area contributed by atoms with Crippen LogP contribution in [0, 0.1) is 0 Å². The van der Waals surface area contributed by atoms with Gasteiger partial charge in [0, 0.05) is 6.42 Å². The van der Waals surface area contributed by atoms with E-state index in [0.717, 1.165) is 96.3 Å². The Bertz CT molecular complexity index is 1240. The van der Waals surface area contributed by atoms with E-state index < -0.39 is 18.2 Å². The van der Waals surface area contributed by atoms with Crippen LogP contribution >= 0.6 is 0 Å². The van der Waals surface area contributed by atoms with Crippen LogP contribution in [0.25, 0.3) is 0 Å². The van der Waals surface area contributed by atoms with E-state index in [1.54, 1.807) is 0 Å². The molecule has 6 nitrogen and oxygen atoms in total. The molecule has 0 spiro atoms. The topological polar surface area (TPSA) is 95.9 Å². The zero-order valence-electron chi connectivity index (χ0n) is 40.2. The average Bonchev–Trinajstić information content (AvgIpc) is 3.26. The van der Waals surface area contributed by atoms with Crippen LogP contribution in [0.5, 0.6) is 0 Å². The van der Waals surface area contributed by atoms with Crippen molar-refractivity contribution in [3.63, 3.8) is 0 Å². The van der Waals surface area contributed by atoms with E-state index in [-0.39, 0.29) is 24.9 Å². The van der Waals surface area contributed by atoms with E-state index in [4.69, 9.17) is 4.74 Å². The highest BCUT2D eigenvalue weighted by atomic mass is 16.5. The van der Waals surface area contributed by atoms with Gasteiger partial charge in [-0.3, -0.25) is 9.59 Å². The van der Waals surface area contributed by atoms with Crippen molar-refractivity contribution in [3.05, 3.63) is 97.2 Å². The fourth-order valence-electron chi connectivity index (χ4n) is 7.22. The average molecular weight is 862 g/mol. The maximum Gasteiger partial charge on any atom is 0.306 e. The lowest BCUT2D eigenvalue weighted by Gasteiger charge is -2.24. The van der Waals surface area contributed by atoms with E-state index in [1.807, 2.05) is 36.5 Å². The number of allylic oxidation sites excluding steroid dienone is 16. The van der Waals surface area contributed by atoms with Gasteiger partial charge in [0.1, 0.15) is 6.10 Å². The fourth-order valence-corrected chi connectivity index (χ4v) is 7.22. The number of hydrogen-bond acceptors (Lipinski definition) is 5. The number of aliphatic hydroxyl groups is 2. The fraction of sp³-hybridized carbons (Fsp3) is 0.679. The Kier molecular flexibility index (Phi) is 46.3. The minimum absolute atomic E-state index is 0.0356. The van der Waals surface area contributed by atoms with Gasteiger partial charge in [-0.25, -0.2) is 0 Å². The molecule has 0 rings (SSSR count). The van der Waals surface area contributed by atoms with E-state index in [0.29, 0.717) is 19.3 Å². The van der Waals surface area contributed by atoms with Gasteiger partial charge in [0.25, 0.3) is 0 Å². The molecule has 0 aliphatic carbocycles. The van der Waals surface area contributed by atoms with Crippen molar-refractivity contribution in [2.24, 2.45) is 0 Å². The molecular formula is C56H95NO5. The van der Waals surface area contributed by atoms with Crippen LogP contribution in [-0.4, -0.2) is 46.9 Å². The lowest BCUT2D eigenvalue weighted by atomic mass is 10.0. The minimum Gasteiger partial charge on any atom is -0.462 e. The van der Waals surface area contributed by atoms with Crippen LogP contribution in [0.4, 0.5) is 0 Å². The summed E-state index contributed by atoms with van der Waals surface area (Å²) in [5.74, 6) is -0.547. The lowest BCUT2D eigenvalue weighted by Crippen LogP contribution is -2.46. The van der Waals surface area contributed by atoms with Gasteiger partial charge in [-0.2, -0.15) is 0 Å². The first kappa shape index (κ1) is 58.8. The second-order valence-electron chi connectivity index (χ2n) is 17.0. The largest absolute Gasteiger partial charge is 0.462 e. The second kappa shape index (κ2) is 48.8. The molecule has 3 unspecified atom stereocenters. The molecule has 0 bridgehead atoms. The molecule has 0 aliphatic rings. The Labute approximate surface area is 382 Å². The number of hydrogen-bond donors (Lipinski definition) is 3. The Morgan fingerprint density at radius 1 is 0.484 bits per heavy atom. The van der Waals surface area contributed by atoms with Crippen molar-refractivity contribution in [3.8, 4) is 0 Å². The SMILES string of the molecule is CC/C=C/C=C/C=C\CCCCCCCC(=O)OC(CCCCC/C=C/C=C/C=C/C=C/C=C/CCC)CC(=O)NC(CO)C(O)CCCCCCCCCCCCCCCC. The molecule has 6 heteroatoms. The Hall–Kier alpha value is -3.22. The Morgan fingerprint density at radius 3 is 1.40 bits per heavy atom. The highest BCUT2D eigenvalue weighted by molar-refractivity contribution is 5.77. The van der Waals surface area contributed by atoms with Crippen molar-refractivity contribution < 1.29 is 24.5 Å². The third-order valence-corrected chi connectivity index (χ3v) is 11.1. The van der Waals surface area contributed by atoms with Gasteiger partial charge in [0.2, 0.25) is 5.91 Å². The van der Waals surface area contributed by atoms with Crippen molar-refractivity contribution in [2.75, 3.05) is 6.61 Å².